The van der Waals surface area contributed by atoms with Gasteiger partial charge >= 0.3 is 0 Å². The van der Waals surface area contributed by atoms with Gasteiger partial charge in [0.25, 0.3) is 0 Å². The predicted molar refractivity (Wildman–Crippen MR) is 88.6 cm³/mol. The van der Waals surface area contributed by atoms with Crippen molar-refractivity contribution in [3.05, 3.63) is 34.6 Å². The fourth-order valence-electron chi connectivity index (χ4n) is 2.32. The molecule has 3 rings (SSSR count). The van der Waals surface area contributed by atoms with Crippen molar-refractivity contribution in [1.82, 2.24) is 14.8 Å². The summed E-state index contributed by atoms with van der Waals surface area (Å²) >= 11 is 7.60. The van der Waals surface area contributed by atoms with Crippen LogP contribution in [0.3, 0.4) is 0 Å². The smallest absolute Gasteiger partial charge is 0.234 e. The maximum atomic E-state index is 12.1. The van der Waals surface area contributed by atoms with Gasteiger partial charge in [0.15, 0.2) is 5.16 Å². The summed E-state index contributed by atoms with van der Waals surface area (Å²) in [6, 6.07) is 4.36. The minimum absolute atomic E-state index is 0.0933. The van der Waals surface area contributed by atoms with Crippen molar-refractivity contribution in [2.24, 2.45) is 0 Å². The second-order valence-electron chi connectivity index (χ2n) is 5.53. The largest absolute Gasteiger partial charge is 0.324 e. The third kappa shape index (κ3) is 3.44. The summed E-state index contributed by atoms with van der Waals surface area (Å²) < 4.78 is 2.04. The minimum Gasteiger partial charge on any atom is -0.324 e. The van der Waals surface area contributed by atoms with Gasteiger partial charge in [-0.1, -0.05) is 29.4 Å². The van der Waals surface area contributed by atoms with E-state index in [4.69, 9.17) is 11.6 Å². The summed E-state index contributed by atoms with van der Waals surface area (Å²) in [5, 5.41) is 12.2. The molecular formula is C15H17ClN4OS. The van der Waals surface area contributed by atoms with E-state index in [0.29, 0.717) is 16.8 Å². The monoisotopic (exact) mass is 336 g/mol. The first kappa shape index (κ1) is 15.4. The molecule has 0 aliphatic heterocycles. The molecule has 1 fully saturated rings. The molecule has 1 amide bonds. The number of aryl methyl sites for hydroxylation is 2. The number of anilines is 1. The first-order chi connectivity index (χ1) is 10.5. The molecule has 1 aromatic heterocycles. The molecule has 1 saturated carbocycles. The first-order valence-corrected chi connectivity index (χ1v) is 8.50. The number of benzene rings is 1. The number of hydrogen-bond acceptors (Lipinski definition) is 4. The predicted octanol–water partition coefficient (Wildman–Crippen LogP) is 3.61. The summed E-state index contributed by atoms with van der Waals surface area (Å²) in [6.07, 6.45) is 4.06. The van der Waals surface area contributed by atoms with Gasteiger partial charge in [-0.2, -0.15) is 0 Å². The number of halogens is 1. The van der Waals surface area contributed by atoms with E-state index in [1.54, 1.807) is 6.33 Å². The molecule has 116 valence electrons. The molecule has 2 aromatic rings. The lowest BCUT2D eigenvalue weighted by Crippen LogP contribution is -2.15. The maximum Gasteiger partial charge on any atom is 0.234 e. The number of nitrogens with one attached hydrogen (secondary N) is 1. The van der Waals surface area contributed by atoms with E-state index < -0.39 is 0 Å². The lowest BCUT2D eigenvalue weighted by molar-refractivity contribution is -0.113. The van der Waals surface area contributed by atoms with Crippen molar-refractivity contribution in [3.63, 3.8) is 0 Å². The van der Waals surface area contributed by atoms with E-state index in [2.05, 4.69) is 15.5 Å². The standard InChI is InChI=1S/C15H17ClN4OS/c1-9-5-10(2)14(12(16)6-9)18-13(21)7-22-15-19-17-8-20(15)11-3-4-11/h5-6,8,11H,3-4,7H2,1-2H3,(H,18,21). The van der Waals surface area contributed by atoms with Gasteiger partial charge in [0.1, 0.15) is 6.33 Å². The van der Waals surface area contributed by atoms with Crippen LogP contribution in [0, 0.1) is 13.8 Å². The normalized spacial score (nSPS) is 14.1. The first-order valence-electron chi connectivity index (χ1n) is 7.13. The molecule has 5 nitrogen and oxygen atoms in total. The Bertz CT molecular complexity index is 688. The third-order valence-electron chi connectivity index (χ3n) is 3.51. The van der Waals surface area contributed by atoms with Gasteiger partial charge < -0.3 is 9.88 Å². The maximum absolute atomic E-state index is 12.1. The Kier molecular flexibility index (Phi) is 4.40. The molecule has 22 heavy (non-hydrogen) atoms. The van der Waals surface area contributed by atoms with Crippen molar-refractivity contribution in [3.8, 4) is 0 Å². The Labute approximate surface area is 138 Å². The van der Waals surface area contributed by atoms with Gasteiger partial charge in [-0.15, -0.1) is 10.2 Å². The van der Waals surface area contributed by atoms with Gasteiger partial charge in [0, 0.05) is 6.04 Å². The molecule has 0 saturated heterocycles. The average molecular weight is 337 g/mol. The van der Waals surface area contributed by atoms with E-state index in [0.717, 1.165) is 29.1 Å². The van der Waals surface area contributed by atoms with Crippen LogP contribution in [0.25, 0.3) is 0 Å². The van der Waals surface area contributed by atoms with Gasteiger partial charge in [-0.05, 0) is 43.9 Å². The van der Waals surface area contributed by atoms with Gasteiger partial charge in [0.05, 0.1) is 16.5 Å². The lowest BCUT2D eigenvalue weighted by atomic mass is 10.1. The minimum atomic E-state index is -0.0933. The van der Waals surface area contributed by atoms with E-state index in [9.17, 15) is 4.79 Å². The Morgan fingerprint density at radius 1 is 1.45 bits per heavy atom. The highest BCUT2D eigenvalue weighted by Gasteiger charge is 2.26. The number of amides is 1. The van der Waals surface area contributed by atoms with Crippen molar-refractivity contribution in [1.29, 1.82) is 0 Å². The van der Waals surface area contributed by atoms with Crippen molar-refractivity contribution >= 4 is 35.0 Å². The Morgan fingerprint density at radius 2 is 2.23 bits per heavy atom. The summed E-state index contributed by atoms with van der Waals surface area (Å²) in [6.45, 7) is 3.91. The molecule has 1 aliphatic rings. The molecule has 0 radical (unpaired) electrons. The zero-order valence-corrected chi connectivity index (χ0v) is 14.0. The third-order valence-corrected chi connectivity index (χ3v) is 4.76. The van der Waals surface area contributed by atoms with E-state index >= 15 is 0 Å². The summed E-state index contributed by atoms with van der Waals surface area (Å²) in [4.78, 5) is 12.1. The molecule has 0 unspecified atom stereocenters. The Hall–Kier alpha value is -1.53. The van der Waals surface area contributed by atoms with Crippen LogP contribution in [-0.2, 0) is 4.79 Å². The molecule has 0 atom stereocenters. The van der Waals surface area contributed by atoms with Gasteiger partial charge in [-0.25, -0.2) is 0 Å². The summed E-state index contributed by atoms with van der Waals surface area (Å²) in [5.41, 5.74) is 2.72. The molecule has 0 bridgehead atoms. The molecule has 7 heteroatoms. The number of nitrogens with zero attached hydrogens (tertiary/aromatic N) is 3. The van der Waals surface area contributed by atoms with E-state index in [-0.39, 0.29) is 11.7 Å². The van der Waals surface area contributed by atoms with Crippen LogP contribution in [0.4, 0.5) is 5.69 Å². The van der Waals surface area contributed by atoms with Crippen LogP contribution in [0.5, 0.6) is 0 Å². The zero-order valence-electron chi connectivity index (χ0n) is 12.5. The number of hydrogen-bond donors (Lipinski definition) is 1. The highest BCUT2D eigenvalue weighted by molar-refractivity contribution is 7.99. The molecule has 0 spiro atoms. The lowest BCUT2D eigenvalue weighted by Gasteiger charge is -2.11. The number of thioether (sulfide) groups is 1. The van der Waals surface area contributed by atoms with E-state index in [1.165, 1.54) is 11.8 Å². The number of carbonyl (C=O) groups excluding carboxylic acids is 1. The second kappa shape index (κ2) is 6.30. The highest BCUT2D eigenvalue weighted by atomic mass is 35.5. The molecule has 1 aliphatic carbocycles. The quantitative estimate of drug-likeness (QED) is 0.847. The fourth-order valence-corrected chi connectivity index (χ4v) is 3.47. The van der Waals surface area contributed by atoms with Crippen molar-refractivity contribution < 1.29 is 4.79 Å². The number of carbonyl (C=O) groups is 1. The summed E-state index contributed by atoms with van der Waals surface area (Å²) in [5.74, 6) is 0.193. The Balaban J connectivity index is 1.62. The molecular weight excluding hydrogens is 320 g/mol. The molecule has 1 aromatic carbocycles. The van der Waals surface area contributed by atoms with Crippen molar-refractivity contribution in [2.75, 3.05) is 11.1 Å². The van der Waals surface area contributed by atoms with Crippen LogP contribution in [-0.4, -0.2) is 26.4 Å². The Morgan fingerprint density at radius 3 is 2.91 bits per heavy atom. The van der Waals surface area contributed by atoms with E-state index in [1.807, 2.05) is 30.5 Å². The topological polar surface area (TPSA) is 59.8 Å². The average Bonchev–Trinajstić information content (AvgIpc) is 3.19. The highest BCUT2D eigenvalue weighted by Crippen LogP contribution is 2.37. The van der Waals surface area contributed by atoms with Gasteiger partial charge in [0.2, 0.25) is 5.91 Å². The van der Waals surface area contributed by atoms with Crippen LogP contribution in [0.15, 0.2) is 23.6 Å². The SMILES string of the molecule is Cc1cc(C)c(NC(=O)CSc2nncn2C2CC2)c(Cl)c1. The zero-order chi connectivity index (χ0) is 15.7. The number of rotatable bonds is 5. The number of aromatic nitrogens is 3. The second-order valence-corrected chi connectivity index (χ2v) is 6.88. The fraction of sp³-hybridized carbons (Fsp3) is 0.400. The van der Waals surface area contributed by atoms with Crippen molar-refractivity contribution in [2.45, 2.75) is 37.9 Å². The summed E-state index contributed by atoms with van der Waals surface area (Å²) in [7, 11) is 0. The van der Waals surface area contributed by atoms with Crippen LogP contribution in [0.1, 0.15) is 30.0 Å². The van der Waals surface area contributed by atoms with Crippen LogP contribution >= 0.6 is 23.4 Å². The van der Waals surface area contributed by atoms with Gasteiger partial charge in [-0.3, -0.25) is 4.79 Å². The molecule has 1 N–H and O–H groups in total. The van der Waals surface area contributed by atoms with Crippen LogP contribution < -0.4 is 5.32 Å². The molecule has 1 heterocycles. The van der Waals surface area contributed by atoms with Crippen LogP contribution in [0.2, 0.25) is 5.02 Å².